The van der Waals surface area contributed by atoms with Crippen molar-refractivity contribution in [3.63, 3.8) is 0 Å². The lowest BCUT2D eigenvalue weighted by atomic mass is 10.1. The Morgan fingerprint density at radius 1 is 1.50 bits per heavy atom. The second-order valence-corrected chi connectivity index (χ2v) is 4.03. The molecule has 1 heterocycles. The molecule has 1 aromatic carbocycles. The van der Waals surface area contributed by atoms with Crippen LogP contribution in [0.4, 0.5) is 0 Å². The van der Waals surface area contributed by atoms with Gasteiger partial charge in [-0.1, -0.05) is 28.9 Å². The van der Waals surface area contributed by atoms with Gasteiger partial charge in [0.05, 0.1) is 6.61 Å². The van der Waals surface area contributed by atoms with Crippen LogP contribution in [-0.2, 0) is 11.3 Å². The first-order valence-corrected chi connectivity index (χ1v) is 5.47. The summed E-state index contributed by atoms with van der Waals surface area (Å²) in [5.74, 6) is -0.773. The lowest BCUT2D eigenvalue weighted by molar-refractivity contribution is 0.0686. The van der Waals surface area contributed by atoms with E-state index in [4.69, 9.17) is 26.0 Å². The first kappa shape index (κ1) is 12.6. The highest BCUT2D eigenvalue weighted by molar-refractivity contribution is 6.31. The highest BCUT2D eigenvalue weighted by atomic mass is 35.5. The summed E-state index contributed by atoms with van der Waals surface area (Å²) >= 11 is 6.07. The van der Waals surface area contributed by atoms with Gasteiger partial charge in [-0.05, 0) is 11.6 Å². The van der Waals surface area contributed by atoms with E-state index in [1.54, 1.807) is 25.3 Å². The SMILES string of the molecule is COCc1ccc(-c2cc(C(=O)O)no2)cc1Cl. The zero-order chi connectivity index (χ0) is 13.1. The average Bonchev–Trinajstić information content (AvgIpc) is 2.81. The van der Waals surface area contributed by atoms with Crippen LogP contribution in [0.3, 0.4) is 0 Å². The Morgan fingerprint density at radius 2 is 2.28 bits per heavy atom. The van der Waals surface area contributed by atoms with Crippen molar-refractivity contribution in [3.05, 3.63) is 40.5 Å². The van der Waals surface area contributed by atoms with Gasteiger partial charge in [0.2, 0.25) is 0 Å². The zero-order valence-electron chi connectivity index (χ0n) is 9.51. The number of nitrogens with zero attached hydrogens (tertiary/aromatic N) is 1. The lowest BCUT2D eigenvalue weighted by Gasteiger charge is -2.04. The van der Waals surface area contributed by atoms with Crippen molar-refractivity contribution >= 4 is 17.6 Å². The van der Waals surface area contributed by atoms with E-state index < -0.39 is 5.97 Å². The summed E-state index contributed by atoms with van der Waals surface area (Å²) in [6, 6.07) is 6.60. The van der Waals surface area contributed by atoms with Crippen LogP contribution in [0, 0.1) is 0 Å². The third kappa shape index (κ3) is 2.52. The summed E-state index contributed by atoms with van der Waals surface area (Å²) in [6.07, 6.45) is 0. The summed E-state index contributed by atoms with van der Waals surface area (Å²) in [6.45, 7) is 0.413. The fourth-order valence-corrected chi connectivity index (χ4v) is 1.72. The number of carboxylic acids is 1. The van der Waals surface area contributed by atoms with Gasteiger partial charge in [-0.25, -0.2) is 4.79 Å². The topological polar surface area (TPSA) is 72.6 Å². The Bertz CT molecular complexity index is 579. The lowest BCUT2D eigenvalue weighted by Crippen LogP contribution is -1.94. The summed E-state index contributed by atoms with van der Waals surface area (Å²) in [7, 11) is 1.58. The summed E-state index contributed by atoms with van der Waals surface area (Å²) in [5, 5.41) is 12.7. The van der Waals surface area contributed by atoms with Crippen LogP contribution in [-0.4, -0.2) is 23.3 Å². The first-order chi connectivity index (χ1) is 8.61. The number of aromatic carboxylic acids is 1. The predicted octanol–water partition coefficient (Wildman–Crippen LogP) is 2.84. The number of aromatic nitrogens is 1. The molecular weight excluding hydrogens is 258 g/mol. The maximum absolute atomic E-state index is 10.7. The van der Waals surface area contributed by atoms with Crippen molar-refractivity contribution in [3.8, 4) is 11.3 Å². The zero-order valence-corrected chi connectivity index (χ0v) is 10.3. The molecule has 0 unspecified atom stereocenters. The second kappa shape index (κ2) is 5.20. The van der Waals surface area contributed by atoms with Crippen LogP contribution in [0.25, 0.3) is 11.3 Å². The number of hydrogen-bond donors (Lipinski definition) is 1. The molecule has 0 atom stereocenters. The third-order valence-corrected chi connectivity index (χ3v) is 2.72. The van der Waals surface area contributed by atoms with Crippen LogP contribution < -0.4 is 0 Å². The van der Waals surface area contributed by atoms with Gasteiger partial charge in [-0.3, -0.25) is 0 Å². The molecule has 1 aromatic heterocycles. The van der Waals surface area contributed by atoms with Crippen LogP contribution in [0.2, 0.25) is 5.02 Å². The maximum atomic E-state index is 10.7. The molecule has 0 bridgehead atoms. The van der Waals surface area contributed by atoms with E-state index >= 15 is 0 Å². The standard InChI is InChI=1S/C12H10ClNO4/c1-17-6-8-3-2-7(4-9(8)13)11-5-10(12(15)16)14-18-11/h2-5H,6H2,1H3,(H,15,16). The van der Waals surface area contributed by atoms with Crippen molar-refractivity contribution in [2.45, 2.75) is 6.61 Å². The molecule has 0 saturated carbocycles. The number of rotatable bonds is 4. The molecule has 0 spiro atoms. The van der Waals surface area contributed by atoms with Crippen molar-refractivity contribution in [2.24, 2.45) is 0 Å². The summed E-state index contributed by atoms with van der Waals surface area (Å²) < 4.78 is 9.94. The van der Waals surface area contributed by atoms with Gasteiger partial charge >= 0.3 is 5.97 Å². The number of benzene rings is 1. The van der Waals surface area contributed by atoms with E-state index in [2.05, 4.69) is 5.16 Å². The van der Waals surface area contributed by atoms with Gasteiger partial charge in [0.25, 0.3) is 0 Å². The van der Waals surface area contributed by atoms with Crippen molar-refractivity contribution in [1.29, 1.82) is 0 Å². The minimum Gasteiger partial charge on any atom is -0.476 e. The third-order valence-electron chi connectivity index (χ3n) is 2.37. The van der Waals surface area contributed by atoms with Gasteiger partial charge < -0.3 is 14.4 Å². The number of methoxy groups -OCH3 is 1. The molecule has 94 valence electrons. The average molecular weight is 268 g/mol. The summed E-state index contributed by atoms with van der Waals surface area (Å²) in [5.41, 5.74) is 1.38. The van der Waals surface area contributed by atoms with Crippen LogP contribution in [0.1, 0.15) is 16.1 Å². The molecular formula is C12H10ClNO4. The Hall–Kier alpha value is -1.85. The number of carbonyl (C=O) groups is 1. The fourth-order valence-electron chi connectivity index (χ4n) is 1.49. The van der Waals surface area contributed by atoms with E-state index in [9.17, 15) is 4.79 Å². The largest absolute Gasteiger partial charge is 0.476 e. The number of halogens is 1. The highest BCUT2D eigenvalue weighted by Crippen LogP contribution is 2.26. The number of ether oxygens (including phenoxy) is 1. The number of hydrogen-bond acceptors (Lipinski definition) is 4. The van der Waals surface area contributed by atoms with E-state index in [0.717, 1.165) is 5.56 Å². The molecule has 0 aliphatic rings. The van der Waals surface area contributed by atoms with E-state index in [0.29, 0.717) is 23.0 Å². The smallest absolute Gasteiger partial charge is 0.358 e. The molecule has 0 aliphatic heterocycles. The number of carboxylic acid groups (broad SMARTS) is 1. The van der Waals surface area contributed by atoms with E-state index in [-0.39, 0.29) is 5.69 Å². The first-order valence-electron chi connectivity index (χ1n) is 5.09. The van der Waals surface area contributed by atoms with Gasteiger partial charge in [-0.2, -0.15) is 0 Å². The molecule has 5 nitrogen and oxygen atoms in total. The Kier molecular flexibility index (Phi) is 3.64. The molecule has 6 heteroatoms. The van der Waals surface area contributed by atoms with Crippen LogP contribution in [0.15, 0.2) is 28.8 Å². The van der Waals surface area contributed by atoms with Gasteiger partial charge in [0.15, 0.2) is 11.5 Å². The fraction of sp³-hybridized carbons (Fsp3) is 0.167. The highest BCUT2D eigenvalue weighted by Gasteiger charge is 2.13. The Balaban J connectivity index is 2.33. The minimum absolute atomic E-state index is 0.137. The quantitative estimate of drug-likeness (QED) is 0.922. The second-order valence-electron chi connectivity index (χ2n) is 3.62. The van der Waals surface area contributed by atoms with E-state index in [1.165, 1.54) is 6.07 Å². The van der Waals surface area contributed by atoms with Crippen molar-refractivity contribution in [1.82, 2.24) is 5.16 Å². The molecule has 0 radical (unpaired) electrons. The molecule has 0 aliphatic carbocycles. The predicted molar refractivity (Wildman–Crippen MR) is 64.6 cm³/mol. The summed E-state index contributed by atoms with van der Waals surface area (Å²) in [4.78, 5) is 10.7. The van der Waals surface area contributed by atoms with Crippen LogP contribution >= 0.6 is 11.6 Å². The Labute approximate surface area is 108 Å². The molecule has 0 saturated heterocycles. The normalized spacial score (nSPS) is 10.6. The molecule has 18 heavy (non-hydrogen) atoms. The van der Waals surface area contributed by atoms with Gasteiger partial charge in [-0.15, -0.1) is 0 Å². The molecule has 0 fully saturated rings. The molecule has 1 N–H and O–H groups in total. The molecule has 0 amide bonds. The van der Waals surface area contributed by atoms with E-state index in [1.807, 2.05) is 0 Å². The van der Waals surface area contributed by atoms with Gasteiger partial charge in [0.1, 0.15) is 0 Å². The molecule has 2 aromatic rings. The van der Waals surface area contributed by atoms with Crippen molar-refractivity contribution < 1.29 is 19.2 Å². The van der Waals surface area contributed by atoms with Crippen molar-refractivity contribution in [2.75, 3.05) is 7.11 Å². The monoisotopic (exact) mass is 267 g/mol. The minimum atomic E-state index is -1.13. The maximum Gasteiger partial charge on any atom is 0.358 e. The molecule has 2 rings (SSSR count). The van der Waals surface area contributed by atoms with Gasteiger partial charge in [0, 0.05) is 23.8 Å². The Morgan fingerprint density at radius 3 is 2.83 bits per heavy atom. The van der Waals surface area contributed by atoms with Crippen LogP contribution in [0.5, 0.6) is 0 Å².